The number of nitrogens with one attached hydrogen (secondary N) is 1. The smallest absolute Gasteiger partial charge is 0.241 e. The van der Waals surface area contributed by atoms with E-state index in [0.29, 0.717) is 18.0 Å². The predicted molar refractivity (Wildman–Crippen MR) is 103 cm³/mol. The molecule has 0 heterocycles. The topological polar surface area (TPSA) is 75.7 Å². The maximum atomic E-state index is 12.4. The normalized spacial score (nSPS) is 12.3. The Bertz CT molecular complexity index is 838. The zero-order valence-corrected chi connectivity index (χ0v) is 16.0. The fourth-order valence-electron chi connectivity index (χ4n) is 2.54. The molecule has 140 valence electrons. The summed E-state index contributed by atoms with van der Waals surface area (Å²) in [6, 6.07) is 16.0. The molecule has 2 rings (SSSR count). The van der Waals surface area contributed by atoms with Crippen molar-refractivity contribution >= 4 is 21.6 Å². The molecule has 0 aliphatic carbocycles. The first kappa shape index (κ1) is 19.8. The van der Waals surface area contributed by atoms with Crippen molar-refractivity contribution in [3.8, 4) is 5.75 Å². The van der Waals surface area contributed by atoms with E-state index in [1.54, 1.807) is 24.3 Å². The molecule has 6 nitrogen and oxygen atoms in total. The number of hydrogen-bond acceptors (Lipinski definition) is 4. The summed E-state index contributed by atoms with van der Waals surface area (Å²) in [7, 11) is -3.63. The Morgan fingerprint density at radius 2 is 1.85 bits per heavy atom. The van der Waals surface area contributed by atoms with Crippen molar-refractivity contribution in [3.63, 3.8) is 0 Å². The number of carbonyl (C=O) groups is 1. The average molecular weight is 376 g/mol. The van der Waals surface area contributed by atoms with E-state index in [1.165, 1.54) is 0 Å². The van der Waals surface area contributed by atoms with Gasteiger partial charge >= 0.3 is 0 Å². The molecular formula is C19H24N2O4S. The summed E-state index contributed by atoms with van der Waals surface area (Å²) in [5.74, 6) is 0.172. The van der Waals surface area contributed by atoms with E-state index in [2.05, 4.69) is 5.32 Å². The lowest BCUT2D eigenvalue weighted by molar-refractivity contribution is -0.120. The first-order valence-electron chi connectivity index (χ1n) is 8.36. The number of hydrogen-bond donors (Lipinski definition) is 1. The van der Waals surface area contributed by atoms with Gasteiger partial charge in [0.15, 0.2) is 0 Å². The van der Waals surface area contributed by atoms with Gasteiger partial charge in [0.25, 0.3) is 0 Å². The molecule has 0 aliphatic rings. The SMILES string of the molecule is CCOc1cccc(N(CC(=O)N[C@H](C)c2ccccc2)S(C)(=O)=O)c1. The first-order valence-corrected chi connectivity index (χ1v) is 10.2. The first-order chi connectivity index (χ1) is 12.3. The number of benzene rings is 2. The van der Waals surface area contributed by atoms with Crippen LogP contribution >= 0.6 is 0 Å². The Morgan fingerprint density at radius 1 is 1.15 bits per heavy atom. The Kier molecular flexibility index (Phi) is 6.63. The second-order valence-electron chi connectivity index (χ2n) is 5.90. The molecule has 0 spiro atoms. The Hall–Kier alpha value is -2.54. The molecule has 1 N–H and O–H groups in total. The van der Waals surface area contributed by atoms with E-state index in [1.807, 2.05) is 44.2 Å². The van der Waals surface area contributed by atoms with Crippen molar-refractivity contribution in [2.24, 2.45) is 0 Å². The zero-order valence-electron chi connectivity index (χ0n) is 15.2. The highest BCUT2D eigenvalue weighted by atomic mass is 32.2. The lowest BCUT2D eigenvalue weighted by Crippen LogP contribution is -2.41. The summed E-state index contributed by atoms with van der Waals surface area (Å²) in [6.07, 6.45) is 1.08. The summed E-state index contributed by atoms with van der Waals surface area (Å²) in [5.41, 5.74) is 1.34. The Balaban J connectivity index is 2.16. The summed E-state index contributed by atoms with van der Waals surface area (Å²) in [6.45, 7) is 3.87. The molecule has 0 aliphatic heterocycles. The quantitative estimate of drug-likeness (QED) is 0.769. The molecule has 0 aromatic heterocycles. The highest BCUT2D eigenvalue weighted by Gasteiger charge is 2.22. The number of amides is 1. The molecule has 1 amide bonds. The second kappa shape index (κ2) is 8.71. The molecule has 0 unspecified atom stereocenters. The van der Waals surface area contributed by atoms with Gasteiger partial charge in [0.05, 0.1) is 24.6 Å². The Labute approximate surface area is 154 Å². The van der Waals surface area contributed by atoms with Gasteiger partial charge in [-0.15, -0.1) is 0 Å². The van der Waals surface area contributed by atoms with Crippen LogP contribution in [-0.2, 0) is 14.8 Å². The summed E-state index contributed by atoms with van der Waals surface area (Å²) < 4.78 is 30.9. The number of carbonyl (C=O) groups excluding carboxylic acids is 1. The molecule has 2 aromatic carbocycles. The van der Waals surface area contributed by atoms with Gasteiger partial charge in [0.2, 0.25) is 15.9 Å². The van der Waals surface area contributed by atoms with E-state index in [-0.39, 0.29) is 18.5 Å². The van der Waals surface area contributed by atoms with Gasteiger partial charge in [-0.3, -0.25) is 9.10 Å². The van der Waals surface area contributed by atoms with Crippen molar-refractivity contribution in [1.82, 2.24) is 5.32 Å². The third-order valence-corrected chi connectivity index (χ3v) is 4.92. The van der Waals surface area contributed by atoms with Gasteiger partial charge in [0.1, 0.15) is 12.3 Å². The largest absolute Gasteiger partial charge is 0.494 e. The molecule has 2 aromatic rings. The van der Waals surface area contributed by atoms with Crippen LogP contribution < -0.4 is 14.4 Å². The second-order valence-corrected chi connectivity index (χ2v) is 7.81. The van der Waals surface area contributed by atoms with Crippen LogP contribution in [0.1, 0.15) is 25.5 Å². The molecule has 7 heteroatoms. The van der Waals surface area contributed by atoms with Crippen LogP contribution in [0.15, 0.2) is 54.6 Å². The van der Waals surface area contributed by atoms with Gasteiger partial charge in [0, 0.05) is 6.07 Å². The minimum Gasteiger partial charge on any atom is -0.494 e. The van der Waals surface area contributed by atoms with Gasteiger partial charge in [-0.05, 0) is 31.5 Å². The van der Waals surface area contributed by atoms with Crippen LogP contribution in [0.2, 0.25) is 0 Å². The molecule has 0 fully saturated rings. The fourth-order valence-corrected chi connectivity index (χ4v) is 3.39. The van der Waals surface area contributed by atoms with Crippen molar-refractivity contribution in [3.05, 3.63) is 60.2 Å². The van der Waals surface area contributed by atoms with Crippen molar-refractivity contribution in [1.29, 1.82) is 0 Å². The van der Waals surface area contributed by atoms with Gasteiger partial charge in [-0.1, -0.05) is 36.4 Å². The van der Waals surface area contributed by atoms with E-state index in [9.17, 15) is 13.2 Å². The lowest BCUT2D eigenvalue weighted by atomic mass is 10.1. The highest BCUT2D eigenvalue weighted by molar-refractivity contribution is 7.92. The van der Waals surface area contributed by atoms with Crippen molar-refractivity contribution < 1.29 is 17.9 Å². The molecule has 0 radical (unpaired) electrons. The van der Waals surface area contributed by atoms with E-state index >= 15 is 0 Å². The van der Waals surface area contributed by atoms with Gasteiger partial charge < -0.3 is 10.1 Å². The third kappa shape index (κ3) is 5.49. The summed E-state index contributed by atoms with van der Waals surface area (Å²) >= 11 is 0. The van der Waals surface area contributed by atoms with Crippen molar-refractivity contribution in [2.45, 2.75) is 19.9 Å². The number of ether oxygens (including phenoxy) is 1. The van der Waals surface area contributed by atoms with E-state index < -0.39 is 10.0 Å². The average Bonchev–Trinajstić information content (AvgIpc) is 2.60. The van der Waals surface area contributed by atoms with Crippen LogP contribution in [0.5, 0.6) is 5.75 Å². The van der Waals surface area contributed by atoms with Gasteiger partial charge in [-0.2, -0.15) is 0 Å². The molecule has 0 saturated heterocycles. The molecular weight excluding hydrogens is 352 g/mol. The standard InChI is InChI=1S/C19H24N2O4S/c1-4-25-18-12-8-11-17(13-18)21(26(3,23)24)14-19(22)20-15(2)16-9-6-5-7-10-16/h5-13,15H,4,14H2,1-3H3,(H,20,22)/t15-/m1/s1. The molecule has 26 heavy (non-hydrogen) atoms. The van der Waals surface area contributed by atoms with Gasteiger partial charge in [-0.25, -0.2) is 8.42 Å². The minimum atomic E-state index is -3.63. The van der Waals surface area contributed by atoms with Crippen LogP contribution in [0, 0.1) is 0 Å². The number of anilines is 1. The minimum absolute atomic E-state index is 0.222. The van der Waals surface area contributed by atoms with Crippen LogP contribution in [0.4, 0.5) is 5.69 Å². The predicted octanol–water partition coefficient (Wildman–Crippen LogP) is 2.73. The number of sulfonamides is 1. The molecule has 0 bridgehead atoms. The third-order valence-electron chi connectivity index (χ3n) is 3.78. The lowest BCUT2D eigenvalue weighted by Gasteiger charge is -2.23. The van der Waals surface area contributed by atoms with E-state index in [4.69, 9.17) is 4.74 Å². The summed E-state index contributed by atoms with van der Waals surface area (Å²) in [4.78, 5) is 12.4. The molecule has 1 atom stereocenters. The Morgan fingerprint density at radius 3 is 2.46 bits per heavy atom. The van der Waals surface area contributed by atoms with E-state index in [0.717, 1.165) is 16.1 Å². The highest BCUT2D eigenvalue weighted by Crippen LogP contribution is 2.23. The molecule has 0 saturated carbocycles. The number of rotatable bonds is 8. The maximum Gasteiger partial charge on any atom is 0.241 e. The van der Waals surface area contributed by atoms with Crippen molar-refractivity contribution in [2.75, 3.05) is 23.7 Å². The monoisotopic (exact) mass is 376 g/mol. The fraction of sp³-hybridized carbons (Fsp3) is 0.316. The van der Waals surface area contributed by atoms with Crippen LogP contribution in [0.3, 0.4) is 0 Å². The van der Waals surface area contributed by atoms with Crippen LogP contribution in [0.25, 0.3) is 0 Å². The summed E-state index contributed by atoms with van der Waals surface area (Å²) in [5, 5.41) is 2.83. The zero-order chi connectivity index (χ0) is 19.2. The maximum absolute atomic E-state index is 12.4. The number of nitrogens with zero attached hydrogens (tertiary/aromatic N) is 1. The van der Waals surface area contributed by atoms with Crippen LogP contribution in [-0.4, -0.2) is 33.7 Å².